The normalized spacial score (nSPS) is 12.6. The third-order valence-electron chi connectivity index (χ3n) is 6.38. The summed E-state index contributed by atoms with van der Waals surface area (Å²) >= 11 is 0. The van der Waals surface area contributed by atoms with E-state index >= 15 is 0 Å². The summed E-state index contributed by atoms with van der Waals surface area (Å²) in [6.45, 7) is 1.96. The Bertz CT molecular complexity index is 1540. The topological polar surface area (TPSA) is 122 Å². The molecule has 2 unspecified atom stereocenters. The lowest BCUT2D eigenvalue weighted by atomic mass is 9.89. The van der Waals surface area contributed by atoms with Crippen LogP contribution in [0.1, 0.15) is 34.6 Å². The average molecular weight is 574 g/mol. The smallest absolute Gasteiger partial charge is 0.339 e. The van der Waals surface area contributed by atoms with E-state index in [1.165, 1.54) is 24.3 Å². The quantitative estimate of drug-likeness (QED) is 0.185. The van der Waals surface area contributed by atoms with E-state index in [0.29, 0.717) is 5.56 Å². The molecule has 0 amide bonds. The summed E-state index contributed by atoms with van der Waals surface area (Å²) in [6.07, 6.45) is -0.198. The fraction of sp³-hybridized carbons (Fsp3) is 0.188. The highest BCUT2D eigenvalue weighted by molar-refractivity contribution is 7.87. The zero-order valence-corrected chi connectivity index (χ0v) is 23.3. The molecular formula is C32H31NO7S. The molecule has 4 aromatic rings. The highest BCUT2D eigenvalue weighted by atomic mass is 32.2. The molecule has 2 atom stereocenters. The van der Waals surface area contributed by atoms with Gasteiger partial charge in [-0.2, -0.15) is 8.42 Å². The average Bonchev–Trinajstić information content (AvgIpc) is 2.99. The lowest BCUT2D eigenvalue weighted by Gasteiger charge is -2.23. The van der Waals surface area contributed by atoms with Crippen LogP contribution in [0.25, 0.3) is 0 Å². The highest BCUT2D eigenvalue weighted by Gasteiger charge is 2.30. The maximum Gasteiger partial charge on any atom is 0.339 e. The third-order valence-corrected chi connectivity index (χ3v) is 7.64. The van der Waals surface area contributed by atoms with Gasteiger partial charge < -0.3 is 19.4 Å². The molecule has 212 valence electrons. The van der Waals surface area contributed by atoms with Crippen LogP contribution in [0.4, 0.5) is 0 Å². The van der Waals surface area contributed by atoms with E-state index in [9.17, 15) is 18.0 Å². The Morgan fingerprint density at radius 2 is 1.27 bits per heavy atom. The minimum atomic E-state index is -4.05. The molecule has 0 bridgehead atoms. The van der Waals surface area contributed by atoms with Gasteiger partial charge in [-0.05, 0) is 47.9 Å². The Kier molecular flexibility index (Phi) is 9.89. The summed E-state index contributed by atoms with van der Waals surface area (Å²) in [5.41, 5.74) is 9.38. The van der Waals surface area contributed by atoms with Gasteiger partial charge in [0.2, 0.25) is 0 Å². The molecule has 0 heterocycles. The molecule has 0 fully saturated rings. The van der Waals surface area contributed by atoms with Crippen molar-refractivity contribution in [2.75, 3.05) is 0 Å². The molecule has 9 heteroatoms. The molecule has 0 spiro atoms. The zero-order chi connectivity index (χ0) is 29.2. The minimum Gasteiger partial charge on any atom is -0.461 e. The van der Waals surface area contributed by atoms with Crippen molar-refractivity contribution >= 4 is 22.1 Å². The van der Waals surface area contributed by atoms with Gasteiger partial charge in [0.25, 0.3) is 0 Å². The number of carbonyl (C=O) groups is 2. The molecule has 0 saturated carbocycles. The number of hydrogen-bond acceptors (Lipinski definition) is 8. The van der Waals surface area contributed by atoms with Crippen LogP contribution in [0.15, 0.2) is 114 Å². The van der Waals surface area contributed by atoms with E-state index in [2.05, 4.69) is 0 Å². The number of rotatable bonds is 12. The first-order valence-corrected chi connectivity index (χ1v) is 14.4. The lowest BCUT2D eigenvalue weighted by molar-refractivity contribution is -0.149. The van der Waals surface area contributed by atoms with Gasteiger partial charge in [-0.25, -0.2) is 0 Å². The summed E-state index contributed by atoms with van der Waals surface area (Å²) in [5, 5.41) is 0. The predicted molar refractivity (Wildman–Crippen MR) is 153 cm³/mol. The molecular weight excluding hydrogens is 542 g/mol. The monoisotopic (exact) mass is 573 g/mol. The van der Waals surface area contributed by atoms with E-state index < -0.39 is 34.0 Å². The van der Waals surface area contributed by atoms with Crippen LogP contribution in [0.3, 0.4) is 0 Å². The number of esters is 2. The number of ether oxygens (including phenoxy) is 2. The van der Waals surface area contributed by atoms with E-state index in [1.54, 1.807) is 24.3 Å². The summed E-state index contributed by atoms with van der Waals surface area (Å²) in [5.74, 6) is -1.96. The second kappa shape index (κ2) is 13.7. The number of carbonyl (C=O) groups excluding carboxylic acids is 2. The van der Waals surface area contributed by atoms with Crippen LogP contribution in [0.5, 0.6) is 5.75 Å². The molecule has 0 aliphatic carbocycles. The maximum atomic E-state index is 12.9. The Hall–Kier alpha value is -4.47. The van der Waals surface area contributed by atoms with E-state index in [-0.39, 0.29) is 30.3 Å². The van der Waals surface area contributed by atoms with Gasteiger partial charge in [0.05, 0.1) is 6.42 Å². The predicted octanol–water partition coefficient (Wildman–Crippen LogP) is 5.05. The SMILES string of the molecule is Cc1ccc(S(=O)(=O)Oc2ccc(C(CC(=O)OCc3ccccc3)C(N)C(=O)OCc3ccccc3)cc2)cc1. The van der Waals surface area contributed by atoms with Crippen molar-refractivity contribution in [2.24, 2.45) is 5.73 Å². The molecule has 0 aromatic heterocycles. The van der Waals surface area contributed by atoms with Crippen molar-refractivity contribution in [2.45, 2.75) is 43.4 Å². The van der Waals surface area contributed by atoms with Crippen molar-refractivity contribution in [1.82, 2.24) is 0 Å². The maximum absolute atomic E-state index is 12.9. The van der Waals surface area contributed by atoms with Gasteiger partial charge >= 0.3 is 22.1 Å². The fourth-order valence-electron chi connectivity index (χ4n) is 4.07. The summed E-state index contributed by atoms with van der Waals surface area (Å²) in [6, 6.07) is 29.5. The molecule has 0 aliphatic heterocycles. The molecule has 2 N–H and O–H groups in total. The Morgan fingerprint density at radius 1 is 0.732 bits per heavy atom. The first-order valence-electron chi connectivity index (χ1n) is 13.0. The van der Waals surface area contributed by atoms with Crippen LogP contribution in [-0.4, -0.2) is 26.4 Å². The first kappa shape index (κ1) is 29.5. The number of hydrogen-bond donors (Lipinski definition) is 1. The van der Waals surface area contributed by atoms with Gasteiger partial charge in [-0.15, -0.1) is 0 Å². The van der Waals surface area contributed by atoms with Crippen molar-refractivity contribution < 1.29 is 31.7 Å². The lowest BCUT2D eigenvalue weighted by Crippen LogP contribution is -2.39. The van der Waals surface area contributed by atoms with Gasteiger partial charge in [-0.1, -0.05) is 90.5 Å². The molecule has 4 rings (SSSR count). The highest BCUT2D eigenvalue weighted by Crippen LogP contribution is 2.28. The Labute approximate surface area is 239 Å². The molecule has 0 saturated heterocycles. The molecule has 8 nitrogen and oxygen atoms in total. The number of benzene rings is 4. The van der Waals surface area contributed by atoms with Crippen molar-refractivity contribution in [1.29, 1.82) is 0 Å². The van der Waals surface area contributed by atoms with Gasteiger partial charge in [0.15, 0.2) is 0 Å². The molecule has 0 radical (unpaired) electrons. The molecule has 41 heavy (non-hydrogen) atoms. The van der Waals surface area contributed by atoms with Gasteiger partial charge in [-0.3, -0.25) is 9.59 Å². The van der Waals surface area contributed by atoms with E-state index in [1.807, 2.05) is 67.6 Å². The zero-order valence-electron chi connectivity index (χ0n) is 22.5. The largest absolute Gasteiger partial charge is 0.461 e. The summed E-state index contributed by atoms with van der Waals surface area (Å²) < 4.78 is 41.5. The van der Waals surface area contributed by atoms with Gasteiger partial charge in [0, 0.05) is 5.92 Å². The first-order chi connectivity index (χ1) is 19.7. The molecule has 0 aliphatic rings. The van der Waals surface area contributed by atoms with Crippen LogP contribution in [0.2, 0.25) is 0 Å². The molecule has 4 aromatic carbocycles. The summed E-state index contributed by atoms with van der Waals surface area (Å²) in [4.78, 5) is 25.8. The fourth-order valence-corrected chi connectivity index (χ4v) is 5.00. The van der Waals surface area contributed by atoms with Crippen LogP contribution >= 0.6 is 0 Å². The standard InChI is InChI=1S/C32H31NO7S/c1-23-12-18-28(19-13-23)41(36,37)40-27-16-14-26(15-17-27)29(20-30(34)38-21-24-8-4-2-5-9-24)31(33)32(35)39-22-25-10-6-3-7-11-25/h2-19,29,31H,20-22,33H2,1H3. The van der Waals surface area contributed by atoms with E-state index in [4.69, 9.17) is 19.4 Å². The van der Waals surface area contributed by atoms with Crippen LogP contribution < -0.4 is 9.92 Å². The minimum absolute atomic E-state index is 0.0226. The number of aryl methyl sites for hydroxylation is 1. The van der Waals surface area contributed by atoms with E-state index in [0.717, 1.165) is 16.7 Å². The summed E-state index contributed by atoms with van der Waals surface area (Å²) in [7, 11) is -4.05. The second-order valence-electron chi connectivity index (χ2n) is 9.50. The second-order valence-corrected chi connectivity index (χ2v) is 11.0. The Balaban J connectivity index is 1.49. The van der Waals surface area contributed by atoms with Crippen LogP contribution in [0, 0.1) is 6.92 Å². The van der Waals surface area contributed by atoms with Crippen molar-refractivity contribution in [3.05, 3.63) is 131 Å². The third kappa shape index (κ3) is 8.51. The van der Waals surface area contributed by atoms with Crippen LogP contribution in [-0.2, 0) is 42.4 Å². The van der Waals surface area contributed by atoms with Gasteiger partial charge in [0.1, 0.15) is 29.9 Å². The van der Waals surface area contributed by atoms with Crippen molar-refractivity contribution in [3.8, 4) is 5.75 Å². The van der Waals surface area contributed by atoms with Crippen molar-refractivity contribution in [3.63, 3.8) is 0 Å². The number of nitrogens with two attached hydrogens (primary N) is 1. The Morgan fingerprint density at radius 3 is 1.83 bits per heavy atom.